The molecule has 1 aliphatic heterocycles. The Labute approximate surface area is 213 Å². The van der Waals surface area contributed by atoms with Crippen molar-refractivity contribution in [2.45, 2.75) is 91.2 Å². The summed E-state index contributed by atoms with van der Waals surface area (Å²) in [6.45, 7) is 8.58. The summed E-state index contributed by atoms with van der Waals surface area (Å²) >= 11 is 6.46. The van der Waals surface area contributed by atoms with Gasteiger partial charge in [0, 0.05) is 0 Å². The highest BCUT2D eigenvalue weighted by Crippen LogP contribution is 2.37. The van der Waals surface area contributed by atoms with Gasteiger partial charge in [-0.1, -0.05) is 76.0 Å². The van der Waals surface area contributed by atoms with Crippen LogP contribution < -0.4 is 9.47 Å². The van der Waals surface area contributed by atoms with Crippen molar-refractivity contribution in [2.75, 3.05) is 6.61 Å². The summed E-state index contributed by atoms with van der Waals surface area (Å²) in [5.74, 6) is -0.106. The fourth-order valence-electron chi connectivity index (χ4n) is 3.83. The predicted molar refractivity (Wildman–Crippen MR) is 142 cm³/mol. The third-order valence-electron chi connectivity index (χ3n) is 5.59. The Balaban J connectivity index is 2.14. The van der Waals surface area contributed by atoms with Gasteiger partial charge in [0.2, 0.25) is 0 Å². The second-order valence-corrected chi connectivity index (χ2v) is 10.1. The summed E-state index contributed by atoms with van der Waals surface area (Å²) in [5.41, 5.74) is 0.769. The quantitative estimate of drug-likeness (QED) is 0.161. The topological polar surface area (TPSA) is 76.1 Å². The molecule has 1 N–H and O–H groups in total. The van der Waals surface area contributed by atoms with Crippen LogP contribution in [0.15, 0.2) is 23.1 Å². The van der Waals surface area contributed by atoms with Crippen molar-refractivity contribution in [3.63, 3.8) is 0 Å². The van der Waals surface area contributed by atoms with Crippen LogP contribution in [0, 0.1) is 0 Å². The molecule has 2 rings (SSSR count). The zero-order valence-electron chi connectivity index (χ0n) is 20.7. The van der Waals surface area contributed by atoms with Crippen LogP contribution in [0.4, 0.5) is 0 Å². The van der Waals surface area contributed by atoms with Gasteiger partial charge in [0.15, 0.2) is 11.5 Å². The van der Waals surface area contributed by atoms with Gasteiger partial charge in [-0.3, -0.25) is 9.69 Å². The fourth-order valence-corrected chi connectivity index (χ4v) is 5.18. The molecule has 1 aromatic rings. The van der Waals surface area contributed by atoms with Gasteiger partial charge in [0.25, 0.3) is 5.91 Å². The first kappa shape index (κ1) is 28.2. The number of unbranched alkanes of at least 4 members (excludes halogenated alkanes) is 4. The van der Waals surface area contributed by atoms with E-state index in [-0.39, 0.29) is 16.3 Å². The van der Waals surface area contributed by atoms with Crippen LogP contribution >= 0.6 is 24.0 Å². The molecule has 8 heteroatoms. The van der Waals surface area contributed by atoms with E-state index < -0.39 is 12.0 Å². The number of thiocarbonyl (C=S) groups is 1. The molecule has 0 aliphatic carbocycles. The first-order valence-corrected chi connectivity index (χ1v) is 13.5. The molecular formula is C26H37NO5S2. The normalized spacial score (nSPS) is 16.7. The molecule has 1 saturated heterocycles. The number of amides is 1. The molecule has 0 saturated carbocycles. The summed E-state index contributed by atoms with van der Waals surface area (Å²) in [6, 6.07) is 4.64. The minimum Gasteiger partial charge on any atom is -0.490 e. The van der Waals surface area contributed by atoms with Crippen LogP contribution in [0.1, 0.15) is 84.6 Å². The molecule has 34 heavy (non-hydrogen) atoms. The molecule has 1 aliphatic rings. The summed E-state index contributed by atoms with van der Waals surface area (Å²) in [7, 11) is 0. The van der Waals surface area contributed by atoms with E-state index in [2.05, 4.69) is 13.8 Å². The Kier molecular flexibility index (Phi) is 11.9. The fraction of sp³-hybridized carbons (Fsp3) is 0.577. The van der Waals surface area contributed by atoms with Crippen LogP contribution in [-0.2, 0) is 9.59 Å². The highest BCUT2D eigenvalue weighted by molar-refractivity contribution is 8.26. The van der Waals surface area contributed by atoms with Crippen molar-refractivity contribution in [1.82, 2.24) is 4.90 Å². The van der Waals surface area contributed by atoms with Crippen LogP contribution in [0.5, 0.6) is 11.5 Å². The molecule has 0 spiro atoms. The molecule has 2 atom stereocenters. The van der Waals surface area contributed by atoms with Crippen molar-refractivity contribution in [3.05, 3.63) is 28.7 Å². The Morgan fingerprint density at radius 3 is 2.50 bits per heavy atom. The third kappa shape index (κ3) is 8.01. The van der Waals surface area contributed by atoms with Gasteiger partial charge in [0.05, 0.1) is 17.6 Å². The number of carboxylic acid groups (broad SMARTS) is 1. The Hall–Kier alpha value is -2.06. The van der Waals surface area contributed by atoms with Crippen LogP contribution in [0.3, 0.4) is 0 Å². The lowest BCUT2D eigenvalue weighted by molar-refractivity contribution is -0.145. The van der Waals surface area contributed by atoms with Crippen molar-refractivity contribution in [2.24, 2.45) is 0 Å². The minimum atomic E-state index is -1.04. The van der Waals surface area contributed by atoms with Crippen LogP contribution in [0.2, 0.25) is 0 Å². The van der Waals surface area contributed by atoms with Gasteiger partial charge < -0.3 is 14.6 Å². The van der Waals surface area contributed by atoms with Crippen molar-refractivity contribution in [1.29, 1.82) is 0 Å². The number of rotatable bonds is 15. The van der Waals surface area contributed by atoms with E-state index in [9.17, 15) is 14.7 Å². The largest absolute Gasteiger partial charge is 0.490 e. The number of thioether (sulfide) groups is 1. The molecule has 0 aromatic heterocycles. The van der Waals surface area contributed by atoms with E-state index in [4.69, 9.17) is 21.7 Å². The third-order valence-corrected chi connectivity index (χ3v) is 6.92. The van der Waals surface area contributed by atoms with Crippen molar-refractivity contribution < 1.29 is 24.2 Å². The molecule has 1 heterocycles. The SMILES string of the molecule is CCCCCCC[C@@H](C)Oc1ccc(/C=C2/SC(=S)N([C@@H](CCC)C(=O)O)C2=O)cc1OCC. The van der Waals surface area contributed by atoms with E-state index in [1.165, 1.54) is 30.6 Å². The van der Waals surface area contributed by atoms with Crippen LogP contribution in [-0.4, -0.2) is 45.0 Å². The van der Waals surface area contributed by atoms with Gasteiger partial charge in [0.1, 0.15) is 10.4 Å². The van der Waals surface area contributed by atoms with Gasteiger partial charge in [-0.25, -0.2) is 4.79 Å². The summed E-state index contributed by atoms with van der Waals surface area (Å²) in [5, 5.41) is 9.55. The number of carbonyl (C=O) groups is 2. The monoisotopic (exact) mass is 507 g/mol. The number of nitrogens with zero attached hydrogens (tertiary/aromatic N) is 1. The van der Waals surface area contributed by atoms with Gasteiger partial charge in [-0.05, 0) is 56.9 Å². The van der Waals surface area contributed by atoms with Crippen molar-refractivity contribution >= 4 is 46.3 Å². The van der Waals surface area contributed by atoms with E-state index >= 15 is 0 Å². The highest BCUT2D eigenvalue weighted by Gasteiger charge is 2.40. The zero-order chi connectivity index (χ0) is 25.1. The van der Waals surface area contributed by atoms with Gasteiger partial charge in [-0.15, -0.1) is 0 Å². The van der Waals surface area contributed by atoms with E-state index in [1.807, 2.05) is 32.0 Å². The molecule has 6 nitrogen and oxygen atoms in total. The Morgan fingerprint density at radius 1 is 1.12 bits per heavy atom. The summed E-state index contributed by atoms with van der Waals surface area (Å²) < 4.78 is 12.2. The lowest BCUT2D eigenvalue weighted by atomic mass is 10.1. The molecule has 0 unspecified atom stereocenters. The van der Waals surface area contributed by atoms with Crippen LogP contribution in [0.25, 0.3) is 6.08 Å². The smallest absolute Gasteiger partial charge is 0.326 e. The van der Waals surface area contributed by atoms with E-state index in [0.29, 0.717) is 35.9 Å². The highest BCUT2D eigenvalue weighted by atomic mass is 32.2. The Bertz CT molecular complexity index is 886. The molecule has 1 fully saturated rings. The van der Waals surface area contributed by atoms with Gasteiger partial charge >= 0.3 is 5.97 Å². The number of hydrogen-bond donors (Lipinski definition) is 1. The molecule has 1 aromatic carbocycles. The number of carboxylic acids is 1. The first-order chi connectivity index (χ1) is 16.3. The molecular weight excluding hydrogens is 470 g/mol. The molecule has 188 valence electrons. The molecule has 0 bridgehead atoms. The summed E-state index contributed by atoms with van der Waals surface area (Å²) in [4.78, 5) is 26.3. The maximum Gasteiger partial charge on any atom is 0.326 e. The average Bonchev–Trinajstić information content (AvgIpc) is 3.06. The number of ether oxygens (including phenoxy) is 2. The standard InChI is InChI=1S/C26H37NO5S2/c1-5-8-9-10-11-13-18(4)32-21-15-14-19(16-22(21)31-7-3)17-23-24(28)27(26(33)34-23)20(12-6-2)25(29)30/h14-18,20H,5-13H2,1-4H3,(H,29,30)/b23-17+/t18-,20+/m1/s1. The zero-order valence-corrected chi connectivity index (χ0v) is 22.3. The predicted octanol–water partition coefficient (Wildman–Crippen LogP) is 6.67. The maximum atomic E-state index is 13.0. The summed E-state index contributed by atoms with van der Waals surface area (Å²) in [6.07, 6.45) is 9.93. The first-order valence-electron chi connectivity index (χ1n) is 12.3. The maximum absolute atomic E-state index is 13.0. The number of benzene rings is 1. The van der Waals surface area contributed by atoms with Gasteiger partial charge in [-0.2, -0.15) is 0 Å². The average molecular weight is 508 g/mol. The number of hydrogen-bond acceptors (Lipinski definition) is 6. The van der Waals surface area contributed by atoms with Crippen molar-refractivity contribution in [3.8, 4) is 11.5 Å². The minimum absolute atomic E-state index is 0.0782. The lowest BCUT2D eigenvalue weighted by Crippen LogP contribution is -2.43. The number of carbonyl (C=O) groups excluding carboxylic acids is 1. The molecule has 1 amide bonds. The Morgan fingerprint density at radius 2 is 1.85 bits per heavy atom. The lowest BCUT2D eigenvalue weighted by Gasteiger charge is -2.22. The second kappa shape index (κ2) is 14.4. The van der Waals surface area contributed by atoms with E-state index in [1.54, 1.807) is 6.08 Å². The second-order valence-electron chi connectivity index (χ2n) is 8.46. The van der Waals surface area contributed by atoms with E-state index in [0.717, 1.165) is 30.2 Å². The number of aliphatic carboxylic acids is 1. The molecule has 0 radical (unpaired) electrons.